The molecule has 2 rings (SSSR count). The van der Waals surface area contributed by atoms with Crippen LogP contribution in [0.2, 0.25) is 0 Å². The van der Waals surface area contributed by atoms with E-state index in [2.05, 4.69) is 10.6 Å². The number of benzene rings is 1. The molecule has 0 unspecified atom stereocenters. The van der Waals surface area contributed by atoms with Gasteiger partial charge in [0, 0.05) is 6.04 Å². The number of anilines is 2. The van der Waals surface area contributed by atoms with Gasteiger partial charge in [-0.1, -0.05) is 12.1 Å². The minimum absolute atomic E-state index is 0.0285. The van der Waals surface area contributed by atoms with Gasteiger partial charge < -0.3 is 16.4 Å². The molecule has 1 aromatic rings. The zero-order valence-electron chi connectivity index (χ0n) is 8.49. The Hall–Kier alpha value is -1.71. The third kappa shape index (κ3) is 2.87. The summed E-state index contributed by atoms with van der Waals surface area (Å²) in [5.74, 6) is 0.0285. The van der Waals surface area contributed by atoms with E-state index >= 15 is 0 Å². The lowest BCUT2D eigenvalue weighted by molar-refractivity contribution is -0.119. The molecule has 0 aromatic heterocycles. The summed E-state index contributed by atoms with van der Waals surface area (Å²) in [6.45, 7) is 0.282. The van der Waals surface area contributed by atoms with Crippen molar-refractivity contribution in [1.82, 2.24) is 5.32 Å². The molecule has 80 valence electrons. The lowest BCUT2D eigenvalue weighted by Crippen LogP contribution is -2.31. The first kappa shape index (κ1) is 9.83. The molecule has 1 aliphatic rings. The number of nitrogen functional groups attached to an aromatic ring is 1. The topological polar surface area (TPSA) is 67.1 Å². The smallest absolute Gasteiger partial charge is 0.239 e. The summed E-state index contributed by atoms with van der Waals surface area (Å²) in [7, 11) is 0. The Balaban J connectivity index is 1.81. The molecule has 1 saturated carbocycles. The van der Waals surface area contributed by atoms with Gasteiger partial charge in [0.1, 0.15) is 0 Å². The summed E-state index contributed by atoms with van der Waals surface area (Å²) in [4.78, 5) is 11.4. The monoisotopic (exact) mass is 205 g/mol. The maximum Gasteiger partial charge on any atom is 0.239 e. The summed E-state index contributed by atoms with van der Waals surface area (Å²) < 4.78 is 0. The Morgan fingerprint density at radius 2 is 2.13 bits per heavy atom. The Kier molecular flexibility index (Phi) is 2.76. The molecule has 4 N–H and O–H groups in total. The Labute approximate surface area is 88.9 Å². The number of nitrogens with two attached hydrogens (primary N) is 1. The molecule has 4 heteroatoms. The van der Waals surface area contributed by atoms with Gasteiger partial charge in [0.25, 0.3) is 0 Å². The van der Waals surface area contributed by atoms with Crippen LogP contribution in [0.4, 0.5) is 11.4 Å². The van der Waals surface area contributed by atoms with E-state index in [1.807, 2.05) is 18.2 Å². The Bertz CT molecular complexity index is 361. The summed E-state index contributed by atoms with van der Waals surface area (Å²) in [5.41, 5.74) is 7.20. The van der Waals surface area contributed by atoms with Crippen molar-refractivity contribution in [3.63, 3.8) is 0 Å². The van der Waals surface area contributed by atoms with Crippen molar-refractivity contribution in [3.05, 3.63) is 24.3 Å². The molecule has 4 nitrogen and oxygen atoms in total. The molecule has 15 heavy (non-hydrogen) atoms. The second-order valence-electron chi connectivity index (χ2n) is 3.78. The lowest BCUT2D eigenvalue weighted by atomic mass is 10.2. The molecule has 0 heterocycles. The van der Waals surface area contributed by atoms with Gasteiger partial charge in [-0.3, -0.25) is 4.79 Å². The predicted octanol–water partition coefficient (Wildman–Crippen LogP) is 0.959. The van der Waals surface area contributed by atoms with Gasteiger partial charge in [-0.05, 0) is 25.0 Å². The molecule has 1 aliphatic carbocycles. The van der Waals surface area contributed by atoms with Crippen LogP contribution >= 0.6 is 0 Å². The van der Waals surface area contributed by atoms with Crippen LogP contribution in [0.1, 0.15) is 12.8 Å². The van der Waals surface area contributed by atoms with Gasteiger partial charge >= 0.3 is 0 Å². The summed E-state index contributed by atoms with van der Waals surface area (Å²) in [6.07, 6.45) is 2.22. The first-order valence-electron chi connectivity index (χ1n) is 5.13. The molecule has 0 bridgehead atoms. The van der Waals surface area contributed by atoms with Crippen LogP contribution < -0.4 is 16.4 Å². The van der Waals surface area contributed by atoms with E-state index in [9.17, 15) is 4.79 Å². The number of para-hydroxylation sites is 2. The van der Waals surface area contributed by atoms with Crippen LogP contribution in [-0.2, 0) is 4.79 Å². The van der Waals surface area contributed by atoms with E-state index in [1.165, 1.54) is 0 Å². The van der Waals surface area contributed by atoms with E-state index in [0.717, 1.165) is 18.5 Å². The van der Waals surface area contributed by atoms with Crippen LogP contribution in [0.3, 0.4) is 0 Å². The second-order valence-corrected chi connectivity index (χ2v) is 3.78. The van der Waals surface area contributed by atoms with Gasteiger partial charge in [0.15, 0.2) is 0 Å². The van der Waals surface area contributed by atoms with Crippen LogP contribution in [0, 0.1) is 0 Å². The maximum atomic E-state index is 11.4. The standard InChI is InChI=1S/C11H15N3O/c12-9-3-1-2-4-10(9)13-7-11(15)14-8-5-6-8/h1-4,8,13H,5-7,12H2,(H,14,15). The van der Waals surface area contributed by atoms with Crippen molar-refractivity contribution in [3.8, 4) is 0 Å². The number of hydrogen-bond donors (Lipinski definition) is 3. The zero-order valence-corrected chi connectivity index (χ0v) is 8.49. The fourth-order valence-corrected chi connectivity index (χ4v) is 1.34. The van der Waals surface area contributed by atoms with Gasteiger partial charge in [-0.25, -0.2) is 0 Å². The highest BCUT2D eigenvalue weighted by Gasteiger charge is 2.22. The predicted molar refractivity (Wildman–Crippen MR) is 60.5 cm³/mol. The minimum Gasteiger partial charge on any atom is -0.397 e. The fourth-order valence-electron chi connectivity index (χ4n) is 1.34. The summed E-state index contributed by atoms with van der Waals surface area (Å²) in [5, 5.41) is 5.91. The fraction of sp³-hybridized carbons (Fsp3) is 0.364. The van der Waals surface area contributed by atoms with Crippen LogP contribution in [-0.4, -0.2) is 18.5 Å². The van der Waals surface area contributed by atoms with Crippen LogP contribution in [0.25, 0.3) is 0 Å². The zero-order chi connectivity index (χ0) is 10.7. The molecule has 0 atom stereocenters. The maximum absolute atomic E-state index is 11.4. The number of amides is 1. The molecule has 0 aliphatic heterocycles. The third-order valence-electron chi connectivity index (χ3n) is 2.34. The van der Waals surface area contributed by atoms with Crippen molar-refractivity contribution >= 4 is 17.3 Å². The van der Waals surface area contributed by atoms with Crippen LogP contribution in [0.5, 0.6) is 0 Å². The van der Waals surface area contributed by atoms with E-state index in [1.54, 1.807) is 6.07 Å². The van der Waals surface area contributed by atoms with Crippen molar-refractivity contribution in [1.29, 1.82) is 0 Å². The summed E-state index contributed by atoms with van der Waals surface area (Å²) >= 11 is 0. The van der Waals surface area contributed by atoms with Crippen molar-refractivity contribution in [2.24, 2.45) is 0 Å². The highest BCUT2D eigenvalue weighted by atomic mass is 16.2. The average Bonchev–Trinajstić information content (AvgIpc) is 3.00. The van der Waals surface area contributed by atoms with E-state index < -0.39 is 0 Å². The van der Waals surface area contributed by atoms with Gasteiger partial charge in [-0.2, -0.15) is 0 Å². The Morgan fingerprint density at radius 1 is 1.40 bits per heavy atom. The highest BCUT2D eigenvalue weighted by Crippen LogP contribution is 2.19. The Morgan fingerprint density at radius 3 is 2.80 bits per heavy atom. The molecule has 0 spiro atoms. The quantitative estimate of drug-likeness (QED) is 0.641. The third-order valence-corrected chi connectivity index (χ3v) is 2.34. The largest absolute Gasteiger partial charge is 0.397 e. The van der Waals surface area contributed by atoms with Crippen LogP contribution in [0.15, 0.2) is 24.3 Å². The molecular formula is C11H15N3O. The van der Waals surface area contributed by atoms with Crippen molar-refractivity contribution in [2.75, 3.05) is 17.6 Å². The molecule has 0 radical (unpaired) electrons. The lowest BCUT2D eigenvalue weighted by Gasteiger charge is -2.08. The number of nitrogens with one attached hydrogen (secondary N) is 2. The second kappa shape index (κ2) is 4.21. The molecule has 1 amide bonds. The number of hydrogen-bond acceptors (Lipinski definition) is 3. The normalized spacial score (nSPS) is 14.7. The van der Waals surface area contributed by atoms with Gasteiger partial charge in [0.05, 0.1) is 17.9 Å². The molecular weight excluding hydrogens is 190 g/mol. The SMILES string of the molecule is Nc1ccccc1NCC(=O)NC1CC1. The number of carbonyl (C=O) groups is 1. The molecule has 0 saturated heterocycles. The van der Waals surface area contributed by atoms with Crippen molar-refractivity contribution < 1.29 is 4.79 Å². The highest BCUT2D eigenvalue weighted by molar-refractivity contribution is 5.82. The van der Waals surface area contributed by atoms with E-state index in [-0.39, 0.29) is 12.5 Å². The van der Waals surface area contributed by atoms with E-state index in [0.29, 0.717) is 11.7 Å². The molecule has 1 fully saturated rings. The van der Waals surface area contributed by atoms with E-state index in [4.69, 9.17) is 5.73 Å². The summed E-state index contributed by atoms with van der Waals surface area (Å²) in [6, 6.07) is 7.83. The minimum atomic E-state index is 0.0285. The average molecular weight is 205 g/mol. The molecule has 1 aromatic carbocycles. The number of rotatable bonds is 4. The van der Waals surface area contributed by atoms with Gasteiger partial charge in [0.2, 0.25) is 5.91 Å². The number of carbonyl (C=O) groups excluding carboxylic acids is 1. The first-order valence-corrected chi connectivity index (χ1v) is 5.13. The van der Waals surface area contributed by atoms with Gasteiger partial charge in [-0.15, -0.1) is 0 Å². The first-order chi connectivity index (χ1) is 7.25. The van der Waals surface area contributed by atoms with Crippen molar-refractivity contribution in [2.45, 2.75) is 18.9 Å².